The van der Waals surface area contributed by atoms with Crippen molar-refractivity contribution in [1.82, 2.24) is 9.80 Å². The van der Waals surface area contributed by atoms with Gasteiger partial charge in [0.2, 0.25) is 0 Å². The lowest BCUT2D eigenvalue weighted by Crippen LogP contribution is -2.52. The van der Waals surface area contributed by atoms with Gasteiger partial charge in [-0.3, -0.25) is 9.69 Å². The molecule has 3 aliphatic rings. The number of amidine groups is 1. The van der Waals surface area contributed by atoms with Crippen LogP contribution in [0.1, 0.15) is 35.7 Å². The molecular weight excluding hydrogens is 523 g/mol. The Balaban J connectivity index is 1.31. The number of fused-ring (bicyclic) bond motifs is 2. The van der Waals surface area contributed by atoms with Crippen molar-refractivity contribution in [3.63, 3.8) is 0 Å². The smallest absolute Gasteiger partial charge is 0.435 e. The van der Waals surface area contributed by atoms with E-state index in [1.807, 2.05) is 4.90 Å². The number of likely N-dealkylation sites (tertiary alicyclic amines) is 1. The number of esters is 2. The number of carbonyl (C=O) groups is 4. The van der Waals surface area contributed by atoms with E-state index >= 15 is 0 Å². The lowest BCUT2D eigenvalue weighted by Gasteiger charge is -2.39. The highest BCUT2D eigenvalue weighted by Gasteiger charge is 2.57. The number of hydrogen-bond donors (Lipinski definition) is 0. The average molecular weight is 551 g/mol. The predicted octanol–water partition coefficient (Wildman–Crippen LogP) is 3.37. The SMILES string of the molecule is COC(=O)N(/N=C(/C)N1CCC(CN2C(=O)c3ccccc3C23OC(=O)C=CC(=O)O3)CC1)c1ccc(F)cc1. The molecule has 0 unspecified atom stereocenters. The Morgan fingerprint density at radius 1 is 1.05 bits per heavy atom. The van der Waals surface area contributed by atoms with E-state index in [9.17, 15) is 23.6 Å². The monoisotopic (exact) mass is 550 g/mol. The molecule has 0 aliphatic carbocycles. The number of piperidine rings is 1. The molecule has 0 radical (unpaired) electrons. The van der Waals surface area contributed by atoms with Crippen LogP contribution in [-0.2, 0) is 29.7 Å². The van der Waals surface area contributed by atoms with E-state index in [0.717, 1.165) is 17.2 Å². The Morgan fingerprint density at radius 2 is 1.68 bits per heavy atom. The lowest BCUT2D eigenvalue weighted by molar-refractivity contribution is -0.274. The number of halogens is 1. The molecule has 208 valence electrons. The van der Waals surface area contributed by atoms with Gasteiger partial charge in [-0.2, -0.15) is 5.01 Å². The molecule has 40 heavy (non-hydrogen) atoms. The molecule has 1 spiro atoms. The molecule has 0 N–H and O–H groups in total. The normalized spacial score (nSPS) is 18.8. The second-order valence-corrected chi connectivity index (χ2v) is 9.55. The van der Waals surface area contributed by atoms with Crippen molar-refractivity contribution in [2.45, 2.75) is 25.7 Å². The predicted molar refractivity (Wildman–Crippen MR) is 139 cm³/mol. The second kappa shape index (κ2) is 10.8. The fraction of sp³-hybridized carbons (Fsp3) is 0.321. The highest BCUT2D eigenvalue weighted by atomic mass is 19.1. The third-order valence-corrected chi connectivity index (χ3v) is 7.11. The maximum atomic E-state index is 13.4. The zero-order valence-corrected chi connectivity index (χ0v) is 21.9. The van der Waals surface area contributed by atoms with Crippen LogP contribution >= 0.6 is 0 Å². The molecule has 11 nitrogen and oxygen atoms in total. The van der Waals surface area contributed by atoms with E-state index in [4.69, 9.17) is 14.2 Å². The number of hydrazone groups is 1. The maximum absolute atomic E-state index is 13.4. The van der Waals surface area contributed by atoms with Crippen molar-refractivity contribution >= 4 is 35.5 Å². The minimum Gasteiger partial charge on any atom is -0.451 e. The van der Waals surface area contributed by atoms with Crippen molar-refractivity contribution in [3.8, 4) is 0 Å². The van der Waals surface area contributed by atoms with Gasteiger partial charge < -0.3 is 19.1 Å². The van der Waals surface area contributed by atoms with Gasteiger partial charge in [-0.25, -0.2) is 18.8 Å². The molecule has 3 aliphatic heterocycles. The number of rotatable bonds is 4. The van der Waals surface area contributed by atoms with Crippen LogP contribution in [0.25, 0.3) is 0 Å². The van der Waals surface area contributed by atoms with E-state index in [1.54, 1.807) is 31.2 Å². The number of ether oxygens (including phenoxy) is 3. The number of carbonyl (C=O) groups excluding carboxylic acids is 4. The summed E-state index contributed by atoms with van der Waals surface area (Å²) in [4.78, 5) is 53.9. The van der Waals surface area contributed by atoms with Crippen LogP contribution in [0.3, 0.4) is 0 Å². The summed E-state index contributed by atoms with van der Waals surface area (Å²) >= 11 is 0. The van der Waals surface area contributed by atoms with Crippen LogP contribution in [0.15, 0.2) is 65.8 Å². The van der Waals surface area contributed by atoms with E-state index in [1.165, 1.54) is 36.3 Å². The Bertz CT molecular complexity index is 1380. The molecule has 12 heteroatoms. The summed E-state index contributed by atoms with van der Waals surface area (Å²) in [5, 5.41) is 5.49. The Kier molecular flexibility index (Phi) is 7.24. The summed E-state index contributed by atoms with van der Waals surface area (Å²) in [5.74, 6) is -3.87. The second-order valence-electron chi connectivity index (χ2n) is 9.55. The number of benzene rings is 2. The van der Waals surface area contributed by atoms with Gasteiger partial charge in [0.25, 0.3) is 5.91 Å². The minimum absolute atomic E-state index is 0.0124. The third-order valence-electron chi connectivity index (χ3n) is 7.11. The molecule has 0 aromatic heterocycles. The molecule has 0 saturated carbocycles. The highest BCUT2D eigenvalue weighted by Crippen LogP contribution is 2.43. The van der Waals surface area contributed by atoms with Crippen LogP contribution < -0.4 is 5.01 Å². The number of hydrogen-bond acceptors (Lipinski definition) is 8. The minimum atomic E-state index is -1.98. The molecular formula is C28H27FN4O7. The molecule has 1 saturated heterocycles. The van der Waals surface area contributed by atoms with E-state index in [0.29, 0.717) is 48.6 Å². The molecule has 2 amide bonds. The number of nitrogens with zero attached hydrogens (tertiary/aromatic N) is 4. The van der Waals surface area contributed by atoms with E-state index in [-0.39, 0.29) is 12.5 Å². The summed E-state index contributed by atoms with van der Waals surface area (Å²) in [6, 6.07) is 11.9. The van der Waals surface area contributed by atoms with Gasteiger partial charge in [0.05, 0.1) is 23.9 Å². The van der Waals surface area contributed by atoms with Crippen LogP contribution in [0.2, 0.25) is 0 Å². The van der Waals surface area contributed by atoms with Crippen LogP contribution in [0.5, 0.6) is 0 Å². The first-order chi connectivity index (χ1) is 19.2. The summed E-state index contributed by atoms with van der Waals surface area (Å²) < 4.78 is 29.4. The standard InChI is InChI=1S/C28H27FN4O7/c1-18(30-33(27(37)38-2)21-9-7-20(29)8-10-21)31-15-13-19(14-16-31)17-32-26(36)22-5-3-4-6-23(22)28(32)39-24(34)11-12-25(35)40-28/h3-12,19H,13-17H2,1-2H3/b30-18-. The van der Waals surface area contributed by atoms with Crippen molar-refractivity contribution in [3.05, 3.63) is 77.6 Å². The third kappa shape index (κ3) is 4.99. The Morgan fingerprint density at radius 3 is 2.30 bits per heavy atom. The molecule has 0 bridgehead atoms. The largest absolute Gasteiger partial charge is 0.451 e. The van der Waals surface area contributed by atoms with E-state index < -0.39 is 35.7 Å². The van der Waals surface area contributed by atoms with Crippen molar-refractivity contribution in [2.24, 2.45) is 11.0 Å². The van der Waals surface area contributed by atoms with Gasteiger partial charge in [0, 0.05) is 31.8 Å². The lowest BCUT2D eigenvalue weighted by atomic mass is 9.96. The molecule has 0 atom stereocenters. The fourth-order valence-corrected chi connectivity index (χ4v) is 5.07. The fourth-order valence-electron chi connectivity index (χ4n) is 5.07. The molecule has 2 aromatic rings. The van der Waals surface area contributed by atoms with Crippen LogP contribution in [0, 0.1) is 11.7 Å². The molecule has 2 aromatic carbocycles. The zero-order chi connectivity index (χ0) is 28.4. The van der Waals surface area contributed by atoms with Crippen LogP contribution in [-0.4, -0.2) is 66.3 Å². The zero-order valence-electron chi connectivity index (χ0n) is 21.9. The van der Waals surface area contributed by atoms with Crippen molar-refractivity contribution in [1.29, 1.82) is 0 Å². The highest BCUT2D eigenvalue weighted by molar-refractivity contribution is 6.01. The number of methoxy groups -OCH3 is 1. The number of amides is 2. The summed E-state index contributed by atoms with van der Waals surface area (Å²) in [6.07, 6.45) is 2.51. The van der Waals surface area contributed by atoms with Gasteiger partial charge in [0.1, 0.15) is 11.7 Å². The average Bonchev–Trinajstić information content (AvgIpc) is 3.06. The molecule has 3 heterocycles. The van der Waals surface area contributed by atoms with Gasteiger partial charge >= 0.3 is 23.9 Å². The molecule has 5 rings (SSSR count). The summed E-state index contributed by atoms with van der Waals surface area (Å²) in [5.41, 5.74) is 0.950. The van der Waals surface area contributed by atoms with Crippen LogP contribution in [0.4, 0.5) is 14.9 Å². The maximum Gasteiger partial charge on any atom is 0.435 e. The summed E-state index contributed by atoms with van der Waals surface area (Å²) in [6.45, 7) is 3.05. The number of anilines is 1. The Hall–Kier alpha value is -4.74. The van der Waals surface area contributed by atoms with Gasteiger partial charge in [0.15, 0.2) is 0 Å². The van der Waals surface area contributed by atoms with Crippen molar-refractivity contribution < 1.29 is 37.8 Å². The van der Waals surface area contributed by atoms with Gasteiger partial charge in [-0.05, 0) is 62.1 Å². The quantitative estimate of drug-likeness (QED) is 0.246. The molecule has 1 fully saturated rings. The topological polar surface area (TPSA) is 118 Å². The first kappa shape index (κ1) is 26.9. The summed E-state index contributed by atoms with van der Waals surface area (Å²) in [7, 11) is 1.23. The Labute approximate surface area is 229 Å². The first-order valence-corrected chi connectivity index (χ1v) is 12.7. The van der Waals surface area contributed by atoms with Gasteiger partial charge in [-0.15, -0.1) is 5.10 Å². The van der Waals surface area contributed by atoms with Crippen molar-refractivity contribution in [2.75, 3.05) is 31.8 Å². The first-order valence-electron chi connectivity index (χ1n) is 12.7. The van der Waals surface area contributed by atoms with E-state index in [2.05, 4.69) is 5.10 Å². The van der Waals surface area contributed by atoms with Gasteiger partial charge in [-0.1, -0.05) is 12.1 Å².